The Labute approximate surface area is 110 Å². The number of benzene rings is 1. The number of nitrogens with one attached hydrogen (secondary N) is 1. The van der Waals surface area contributed by atoms with Crippen molar-refractivity contribution in [2.45, 2.75) is 12.8 Å². The minimum absolute atomic E-state index is 0.136. The molecule has 3 nitrogen and oxygen atoms in total. The Bertz CT molecular complexity index is 433. The Morgan fingerprint density at radius 2 is 2.39 bits per heavy atom. The second-order valence-electron chi connectivity index (χ2n) is 4.40. The molecule has 1 heterocycles. The van der Waals surface area contributed by atoms with Gasteiger partial charge in [-0.05, 0) is 37.0 Å². The van der Waals surface area contributed by atoms with Crippen molar-refractivity contribution in [1.29, 1.82) is 0 Å². The summed E-state index contributed by atoms with van der Waals surface area (Å²) in [7, 11) is 0. The first-order valence-corrected chi connectivity index (χ1v) is 6.35. The molecule has 1 amide bonds. The number of rotatable bonds is 4. The second-order valence-corrected chi connectivity index (χ2v) is 4.81. The molecule has 5 heteroatoms. The van der Waals surface area contributed by atoms with Gasteiger partial charge in [0.05, 0.1) is 10.6 Å². The number of carbonyl (C=O) groups excluding carboxylic acids is 1. The van der Waals surface area contributed by atoms with E-state index in [-0.39, 0.29) is 10.9 Å². The standard InChI is InChI=1S/C13H15ClFNO2/c14-12-7-10(15)1-2-11(12)13(17)16-5-3-9-4-6-18-8-9/h1-2,7,9H,3-6,8H2,(H,16,17). The average Bonchev–Trinajstić information content (AvgIpc) is 2.81. The lowest BCUT2D eigenvalue weighted by molar-refractivity contribution is 0.0950. The maximum Gasteiger partial charge on any atom is 0.252 e. The van der Waals surface area contributed by atoms with Gasteiger partial charge in [0.25, 0.3) is 5.91 Å². The van der Waals surface area contributed by atoms with Crippen molar-refractivity contribution in [2.75, 3.05) is 19.8 Å². The van der Waals surface area contributed by atoms with Gasteiger partial charge >= 0.3 is 0 Å². The van der Waals surface area contributed by atoms with Gasteiger partial charge < -0.3 is 10.1 Å². The first-order valence-electron chi connectivity index (χ1n) is 5.98. The van der Waals surface area contributed by atoms with E-state index >= 15 is 0 Å². The minimum atomic E-state index is -0.445. The van der Waals surface area contributed by atoms with Crippen LogP contribution in [0.2, 0.25) is 5.02 Å². The van der Waals surface area contributed by atoms with E-state index in [1.165, 1.54) is 12.1 Å². The predicted molar refractivity (Wildman–Crippen MR) is 67.3 cm³/mol. The monoisotopic (exact) mass is 271 g/mol. The molecule has 0 spiro atoms. The van der Waals surface area contributed by atoms with Crippen LogP contribution in [-0.2, 0) is 4.74 Å². The first kappa shape index (κ1) is 13.3. The number of hydrogen-bond donors (Lipinski definition) is 1. The third kappa shape index (κ3) is 3.43. The van der Waals surface area contributed by atoms with Crippen LogP contribution in [0.15, 0.2) is 18.2 Å². The average molecular weight is 272 g/mol. The maximum absolute atomic E-state index is 12.8. The summed E-state index contributed by atoms with van der Waals surface area (Å²) in [6.07, 6.45) is 1.94. The highest BCUT2D eigenvalue weighted by molar-refractivity contribution is 6.33. The molecule has 1 aromatic carbocycles. The van der Waals surface area contributed by atoms with Gasteiger partial charge in [-0.1, -0.05) is 11.6 Å². The fraction of sp³-hybridized carbons (Fsp3) is 0.462. The number of amides is 1. The van der Waals surface area contributed by atoms with Gasteiger partial charge in [0, 0.05) is 19.8 Å². The quantitative estimate of drug-likeness (QED) is 0.914. The summed E-state index contributed by atoms with van der Waals surface area (Å²) in [5.41, 5.74) is 0.306. The van der Waals surface area contributed by atoms with Crippen molar-refractivity contribution in [3.05, 3.63) is 34.6 Å². The fourth-order valence-corrected chi connectivity index (χ4v) is 2.22. The molecule has 0 radical (unpaired) electrons. The normalized spacial score (nSPS) is 18.9. The predicted octanol–water partition coefficient (Wildman–Crippen LogP) is 2.64. The highest BCUT2D eigenvalue weighted by Crippen LogP contribution is 2.18. The molecular weight excluding hydrogens is 257 g/mol. The molecule has 1 N–H and O–H groups in total. The van der Waals surface area contributed by atoms with Crippen molar-refractivity contribution in [2.24, 2.45) is 5.92 Å². The van der Waals surface area contributed by atoms with Crippen LogP contribution in [0.3, 0.4) is 0 Å². The molecule has 0 aliphatic carbocycles. The van der Waals surface area contributed by atoms with Gasteiger partial charge in [-0.25, -0.2) is 4.39 Å². The van der Waals surface area contributed by atoms with Crippen LogP contribution in [0.25, 0.3) is 0 Å². The Morgan fingerprint density at radius 1 is 1.56 bits per heavy atom. The van der Waals surface area contributed by atoms with E-state index in [0.29, 0.717) is 18.0 Å². The largest absolute Gasteiger partial charge is 0.381 e. The second kappa shape index (κ2) is 6.16. The van der Waals surface area contributed by atoms with Gasteiger partial charge in [-0.2, -0.15) is 0 Å². The molecule has 18 heavy (non-hydrogen) atoms. The number of hydrogen-bond acceptors (Lipinski definition) is 2. The lowest BCUT2D eigenvalue weighted by Crippen LogP contribution is -2.26. The third-order valence-electron chi connectivity index (χ3n) is 3.04. The fourth-order valence-electron chi connectivity index (χ4n) is 1.97. The zero-order valence-electron chi connectivity index (χ0n) is 9.92. The number of halogens is 2. The van der Waals surface area contributed by atoms with E-state index in [1.54, 1.807) is 0 Å². The summed E-state index contributed by atoms with van der Waals surface area (Å²) in [6.45, 7) is 2.16. The third-order valence-corrected chi connectivity index (χ3v) is 3.35. The van der Waals surface area contributed by atoms with Gasteiger partial charge in [0.2, 0.25) is 0 Å². The highest BCUT2D eigenvalue weighted by atomic mass is 35.5. The van der Waals surface area contributed by atoms with E-state index < -0.39 is 5.82 Å². The SMILES string of the molecule is O=C(NCCC1CCOC1)c1ccc(F)cc1Cl. The highest BCUT2D eigenvalue weighted by Gasteiger charge is 2.16. The minimum Gasteiger partial charge on any atom is -0.381 e. The van der Waals surface area contributed by atoms with Crippen molar-refractivity contribution >= 4 is 17.5 Å². The van der Waals surface area contributed by atoms with Crippen molar-refractivity contribution in [3.63, 3.8) is 0 Å². The van der Waals surface area contributed by atoms with Gasteiger partial charge in [0.1, 0.15) is 5.82 Å². The Balaban J connectivity index is 1.83. The van der Waals surface area contributed by atoms with Crippen LogP contribution in [-0.4, -0.2) is 25.7 Å². The van der Waals surface area contributed by atoms with E-state index in [2.05, 4.69) is 5.32 Å². The summed E-state index contributed by atoms with van der Waals surface area (Å²) < 4.78 is 18.1. The van der Waals surface area contributed by atoms with Crippen LogP contribution in [0.5, 0.6) is 0 Å². The smallest absolute Gasteiger partial charge is 0.252 e. The zero-order valence-corrected chi connectivity index (χ0v) is 10.7. The summed E-state index contributed by atoms with van der Waals surface area (Å²) in [4.78, 5) is 11.8. The van der Waals surface area contributed by atoms with Crippen LogP contribution in [0, 0.1) is 11.7 Å². The molecule has 98 valence electrons. The first-order chi connectivity index (χ1) is 8.66. The molecule has 2 rings (SSSR count). The molecule has 1 aromatic rings. The van der Waals surface area contributed by atoms with Crippen LogP contribution >= 0.6 is 11.6 Å². The van der Waals surface area contributed by atoms with Crippen molar-refractivity contribution in [1.82, 2.24) is 5.32 Å². The molecule has 0 saturated carbocycles. The topological polar surface area (TPSA) is 38.3 Å². The summed E-state index contributed by atoms with van der Waals surface area (Å²) in [5.74, 6) is -0.187. The van der Waals surface area contributed by atoms with E-state index in [1.807, 2.05) is 0 Å². The van der Waals surface area contributed by atoms with Gasteiger partial charge in [-0.15, -0.1) is 0 Å². The molecular formula is C13H15ClFNO2. The molecule has 1 atom stereocenters. The summed E-state index contributed by atoms with van der Waals surface area (Å²) >= 11 is 5.81. The summed E-state index contributed by atoms with van der Waals surface area (Å²) in [5, 5.41) is 2.92. The summed E-state index contributed by atoms with van der Waals surface area (Å²) in [6, 6.07) is 3.76. The van der Waals surface area contributed by atoms with E-state index in [9.17, 15) is 9.18 Å². The number of ether oxygens (including phenoxy) is 1. The zero-order chi connectivity index (χ0) is 13.0. The van der Waals surface area contributed by atoms with Crippen LogP contribution in [0.4, 0.5) is 4.39 Å². The number of carbonyl (C=O) groups is 1. The van der Waals surface area contributed by atoms with Crippen molar-refractivity contribution < 1.29 is 13.9 Å². The molecule has 1 unspecified atom stereocenters. The Kier molecular flexibility index (Phi) is 4.55. The lowest BCUT2D eigenvalue weighted by Gasteiger charge is -2.09. The van der Waals surface area contributed by atoms with Crippen molar-refractivity contribution in [3.8, 4) is 0 Å². The van der Waals surface area contributed by atoms with Gasteiger partial charge in [-0.3, -0.25) is 4.79 Å². The van der Waals surface area contributed by atoms with Crippen LogP contribution in [0.1, 0.15) is 23.2 Å². The van der Waals surface area contributed by atoms with E-state index in [4.69, 9.17) is 16.3 Å². The molecule has 1 saturated heterocycles. The maximum atomic E-state index is 12.8. The van der Waals surface area contributed by atoms with E-state index in [0.717, 1.165) is 32.1 Å². The molecule has 1 aliphatic heterocycles. The van der Waals surface area contributed by atoms with Gasteiger partial charge in [0.15, 0.2) is 0 Å². The lowest BCUT2D eigenvalue weighted by atomic mass is 10.1. The molecule has 0 bridgehead atoms. The molecule has 0 aromatic heterocycles. The Hall–Kier alpha value is -1.13. The molecule has 1 fully saturated rings. The molecule has 1 aliphatic rings. The Morgan fingerprint density at radius 3 is 3.06 bits per heavy atom. The van der Waals surface area contributed by atoms with Crippen LogP contribution < -0.4 is 5.32 Å².